The number of hydrogen-bond acceptors (Lipinski definition) is 5. The first-order valence-corrected chi connectivity index (χ1v) is 8.77. The number of halogens is 1. The third kappa shape index (κ3) is 4.84. The van der Waals surface area contributed by atoms with Crippen molar-refractivity contribution >= 4 is 40.6 Å². The summed E-state index contributed by atoms with van der Waals surface area (Å²) in [5.41, 5.74) is 1.96. The predicted octanol–water partition coefficient (Wildman–Crippen LogP) is 3.74. The first-order chi connectivity index (χ1) is 13.0. The third-order valence-corrected chi connectivity index (χ3v) is 4.43. The van der Waals surface area contributed by atoms with E-state index in [4.69, 9.17) is 16.3 Å². The van der Waals surface area contributed by atoms with E-state index in [2.05, 4.69) is 10.2 Å². The number of nitrogens with one attached hydrogen (secondary N) is 1. The molecule has 2 aromatic carbocycles. The minimum absolute atomic E-state index is 0.0565. The van der Waals surface area contributed by atoms with Gasteiger partial charge in [0.2, 0.25) is 5.91 Å². The Morgan fingerprint density at radius 1 is 1.22 bits per heavy atom. The maximum absolute atomic E-state index is 12.3. The molecule has 0 aliphatic carbocycles. The zero-order chi connectivity index (χ0) is 19.2. The van der Waals surface area contributed by atoms with Gasteiger partial charge in [0.25, 0.3) is 5.69 Å². The van der Waals surface area contributed by atoms with Gasteiger partial charge in [-0.2, -0.15) is 0 Å². The first kappa shape index (κ1) is 18.9. The fourth-order valence-corrected chi connectivity index (χ4v) is 2.97. The van der Waals surface area contributed by atoms with Gasteiger partial charge in [0.15, 0.2) is 0 Å². The van der Waals surface area contributed by atoms with Crippen molar-refractivity contribution in [3.8, 4) is 0 Å². The smallest absolute Gasteiger partial charge is 0.288 e. The molecule has 1 aliphatic heterocycles. The van der Waals surface area contributed by atoms with Crippen LogP contribution in [0, 0.1) is 10.1 Å². The summed E-state index contributed by atoms with van der Waals surface area (Å²) in [4.78, 5) is 24.9. The Hall–Kier alpha value is -2.90. The van der Waals surface area contributed by atoms with Gasteiger partial charge < -0.3 is 15.0 Å². The van der Waals surface area contributed by atoms with Gasteiger partial charge in [-0.25, -0.2) is 0 Å². The average Bonchev–Trinajstić information content (AvgIpc) is 2.68. The normalized spacial score (nSPS) is 14.3. The van der Waals surface area contributed by atoms with Crippen molar-refractivity contribution in [3.05, 3.63) is 69.2 Å². The van der Waals surface area contributed by atoms with Crippen LogP contribution in [0.1, 0.15) is 5.56 Å². The standard InChI is InChI=1S/C19H18ClN3O4/c20-15-7-5-14(13-18(15)23(25)26)6-8-19(24)21-16-3-1-2-4-17(16)22-9-11-27-12-10-22/h1-8,13H,9-12H2,(H,21,24)/b8-6+. The van der Waals surface area contributed by atoms with Gasteiger partial charge in [-0.05, 0) is 29.8 Å². The summed E-state index contributed by atoms with van der Waals surface area (Å²) in [5.74, 6) is -0.326. The lowest BCUT2D eigenvalue weighted by Crippen LogP contribution is -2.36. The van der Waals surface area contributed by atoms with Crippen molar-refractivity contribution in [2.24, 2.45) is 0 Å². The number of nitro groups is 1. The molecule has 1 N–H and O–H groups in total. The molecule has 0 bridgehead atoms. The molecule has 27 heavy (non-hydrogen) atoms. The Kier molecular flexibility index (Phi) is 6.05. The van der Waals surface area contributed by atoms with Gasteiger partial charge in [0.1, 0.15) is 5.02 Å². The number of nitro benzene ring substituents is 1. The SMILES string of the molecule is O=C(/C=C/c1ccc(Cl)c([N+](=O)[O-])c1)Nc1ccccc1N1CCOCC1. The van der Waals surface area contributed by atoms with Crippen LogP contribution in [0.25, 0.3) is 6.08 Å². The highest BCUT2D eigenvalue weighted by atomic mass is 35.5. The zero-order valence-electron chi connectivity index (χ0n) is 14.4. The molecule has 3 rings (SSSR count). The monoisotopic (exact) mass is 387 g/mol. The summed E-state index contributed by atoms with van der Waals surface area (Å²) in [6, 6.07) is 11.9. The van der Waals surface area contributed by atoms with Crippen molar-refractivity contribution < 1.29 is 14.5 Å². The maximum Gasteiger partial charge on any atom is 0.288 e. The fourth-order valence-electron chi connectivity index (χ4n) is 2.78. The van der Waals surface area contributed by atoms with Crippen LogP contribution in [0.2, 0.25) is 5.02 Å². The second-order valence-corrected chi connectivity index (χ2v) is 6.31. The van der Waals surface area contributed by atoms with Crippen LogP contribution in [0.15, 0.2) is 48.5 Å². The van der Waals surface area contributed by atoms with Crippen LogP contribution in [0.4, 0.5) is 17.1 Å². The Bertz CT molecular complexity index is 879. The molecule has 1 saturated heterocycles. The molecule has 2 aromatic rings. The molecule has 0 aromatic heterocycles. The summed E-state index contributed by atoms with van der Waals surface area (Å²) in [6.45, 7) is 2.82. The van der Waals surface area contributed by atoms with Crippen molar-refractivity contribution in [1.29, 1.82) is 0 Å². The Labute approximate surface area is 161 Å². The van der Waals surface area contributed by atoms with E-state index in [-0.39, 0.29) is 16.6 Å². The molecule has 0 radical (unpaired) electrons. The van der Waals surface area contributed by atoms with Gasteiger partial charge in [0.05, 0.1) is 29.5 Å². The molecular weight excluding hydrogens is 370 g/mol. The van der Waals surface area contributed by atoms with Crippen molar-refractivity contribution in [2.45, 2.75) is 0 Å². The average molecular weight is 388 g/mol. The minimum atomic E-state index is -0.557. The maximum atomic E-state index is 12.3. The van der Waals surface area contributed by atoms with E-state index in [9.17, 15) is 14.9 Å². The van der Waals surface area contributed by atoms with E-state index in [1.54, 1.807) is 6.07 Å². The second kappa shape index (κ2) is 8.66. The molecule has 0 spiro atoms. The number of morpholine rings is 1. The van der Waals surface area contributed by atoms with Crippen LogP contribution in [-0.2, 0) is 9.53 Å². The van der Waals surface area contributed by atoms with Crippen molar-refractivity contribution in [3.63, 3.8) is 0 Å². The Balaban J connectivity index is 1.72. The summed E-state index contributed by atoms with van der Waals surface area (Å²) >= 11 is 5.79. The van der Waals surface area contributed by atoms with Gasteiger partial charge in [-0.1, -0.05) is 29.8 Å². The minimum Gasteiger partial charge on any atom is -0.378 e. The number of amides is 1. The molecule has 8 heteroatoms. The number of nitrogens with zero attached hydrogens (tertiary/aromatic N) is 2. The number of rotatable bonds is 5. The summed E-state index contributed by atoms with van der Waals surface area (Å²) in [5, 5.41) is 13.9. The van der Waals surface area contributed by atoms with Crippen molar-refractivity contribution in [2.75, 3.05) is 36.5 Å². The Morgan fingerprint density at radius 3 is 2.70 bits per heavy atom. The molecule has 1 heterocycles. The lowest BCUT2D eigenvalue weighted by Gasteiger charge is -2.30. The largest absolute Gasteiger partial charge is 0.378 e. The molecular formula is C19H18ClN3O4. The highest BCUT2D eigenvalue weighted by Crippen LogP contribution is 2.27. The van der Waals surface area contributed by atoms with E-state index < -0.39 is 4.92 Å². The molecule has 1 amide bonds. The molecule has 1 fully saturated rings. The van der Waals surface area contributed by atoms with E-state index in [0.717, 1.165) is 18.8 Å². The summed E-state index contributed by atoms with van der Waals surface area (Å²) in [6.07, 6.45) is 2.85. The number of hydrogen-bond donors (Lipinski definition) is 1. The van der Waals surface area contributed by atoms with E-state index in [0.29, 0.717) is 24.5 Å². The fraction of sp³-hybridized carbons (Fsp3) is 0.211. The highest BCUT2D eigenvalue weighted by Gasteiger charge is 2.15. The molecule has 140 valence electrons. The van der Waals surface area contributed by atoms with Crippen molar-refractivity contribution in [1.82, 2.24) is 0 Å². The quantitative estimate of drug-likeness (QED) is 0.480. The number of benzene rings is 2. The highest BCUT2D eigenvalue weighted by molar-refractivity contribution is 6.32. The van der Waals surface area contributed by atoms with E-state index >= 15 is 0 Å². The van der Waals surface area contributed by atoms with Crippen LogP contribution in [-0.4, -0.2) is 37.1 Å². The van der Waals surface area contributed by atoms with Gasteiger partial charge >= 0.3 is 0 Å². The predicted molar refractivity (Wildman–Crippen MR) is 105 cm³/mol. The van der Waals surface area contributed by atoms with Crippen LogP contribution >= 0.6 is 11.6 Å². The molecule has 1 aliphatic rings. The van der Waals surface area contributed by atoms with Gasteiger partial charge in [-0.15, -0.1) is 0 Å². The van der Waals surface area contributed by atoms with E-state index in [1.807, 2.05) is 24.3 Å². The number of carbonyl (C=O) groups is 1. The topological polar surface area (TPSA) is 84.7 Å². The van der Waals surface area contributed by atoms with Crippen LogP contribution in [0.3, 0.4) is 0 Å². The number of anilines is 2. The van der Waals surface area contributed by atoms with Gasteiger partial charge in [0, 0.05) is 25.2 Å². The lowest BCUT2D eigenvalue weighted by molar-refractivity contribution is -0.384. The zero-order valence-corrected chi connectivity index (χ0v) is 15.2. The second-order valence-electron chi connectivity index (χ2n) is 5.91. The third-order valence-electron chi connectivity index (χ3n) is 4.11. The Morgan fingerprint density at radius 2 is 1.96 bits per heavy atom. The molecule has 7 nitrogen and oxygen atoms in total. The number of ether oxygens (including phenoxy) is 1. The number of para-hydroxylation sites is 2. The van der Waals surface area contributed by atoms with Crippen LogP contribution < -0.4 is 10.2 Å². The number of carbonyl (C=O) groups excluding carboxylic acids is 1. The molecule has 0 atom stereocenters. The molecule has 0 unspecified atom stereocenters. The van der Waals surface area contributed by atoms with Gasteiger partial charge in [-0.3, -0.25) is 14.9 Å². The molecule has 0 saturated carbocycles. The van der Waals surface area contributed by atoms with Crippen LogP contribution in [0.5, 0.6) is 0 Å². The summed E-state index contributed by atoms with van der Waals surface area (Å²) < 4.78 is 5.37. The first-order valence-electron chi connectivity index (χ1n) is 8.39. The van der Waals surface area contributed by atoms with E-state index in [1.165, 1.54) is 24.3 Å². The lowest BCUT2D eigenvalue weighted by atomic mass is 10.2. The summed E-state index contributed by atoms with van der Waals surface area (Å²) in [7, 11) is 0.